The molecule has 0 aliphatic rings. The van der Waals surface area contributed by atoms with Crippen molar-refractivity contribution in [3.8, 4) is 0 Å². The van der Waals surface area contributed by atoms with E-state index < -0.39 is 0 Å². The molecule has 0 heterocycles. The van der Waals surface area contributed by atoms with Crippen molar-refractivity contribution in [3.05, 3.63) is 34.3 Å². The number of nitrogens with one attached hydrogen (secondary N) is 1. The summed E-state index contributed by atoms with van der Waals surface area (Å²) in [7, 11) is 0. The minimum Gasteiger partial charge on any atom is -0.348 e. The van der Waals surface area contributed by atoms with Gasteiger partial charge in [0, 0.05) is 23.2 Å². The van der Waals surface area contributed by atoms with Crippen molar-refractivity contribution >= 4 is 17.5 Å². The van der Waals surface area contributed by atoms with Gasteiger partial charge in [-0.2, -0.15) is 0 Å². The summed E-state index contributed by atoms with van der Waals surface area (Å²) < 4.78 is 0. The Labute approximate surface area is 107 Å². The van der Waals surface area contributed by atoms with Crippen LogP contribution in [-0.4, -0.2) is 18.5 Å². The molecule has 1 atom stereocenters. The van der Waals surface area contributed by atoms with Crippen LogP contribution in [0.15, 0.2) is 18.2 Å². The smallest absolute Gasteiger partial charge is 0.251 e. The maximum atomic E-state index is 12.0. The Bertz CT molecular complexity index is 404. The number of benzene rings is 1. The molecule has 1 unspecified atom stereocenters. The van der Waals surface area contributed by atoms with Gasteiger partial charge in [0.1, 0.15) is 0 Å². The highest BCUT2D eigenvalue weighted by molar-refractivity contribution is 6.31. The number of aryl methyl sites for hydroxylation is 1. The van der Waals surface area contributed by atoms with E-state index in [1.165, 1.54) is 0 Å². The second kappa shape index (κ2) is 6.03. The van der Waals surface area contributed by atoms with Gasteiger partial charge in [-0.1, -0.05) is 31.5 Å². The molecule has 94 valence electrons. The van der Waals surface area contributed by atoms with Gasteiger partial charge in [0.05, 0.1) is 0 Å². The highest BCUT2D eigenvalue weighted by atomic mass is 35.5. The monoisotopic (exact) mass is 254 g/mol. The zero-order valence-electron chi connectivity index (χ0n) is 10.5. The number of carbonyl (C=O) groups excluding carboxylic acids is 1. The highest BCUT2D eigenvalue weighted by Crippen LogP contribution is 2.16. The molecule has 0 fully saturated rings. The van der Waals surface area contributed by atoms with Crippen LogP contribution >= 0.6 is 11.6 Å². The lowest BCUT2D eigenvalue weighted by atomic mass is 10.0. The van der Waals surface area contributed by atoms with Crippen molar-refractivity contribution in [3.63, 3.8) is 0 Å². The zero-order chi connectivity index (χ0) is 13.0. The summed E-state index contributed by atoms with van der Waals surface area (Å²) in [6.45, 7) is 6.39. The Morgan fingerprint density at radius 2 is 2.12 bits per heavy atom. The van der Waals surface area contributed by atoms with Gasteiger partial charge < -0.3 is 11.1 Å². The van der Waals surface area contributed by atoms with Crippen LogP contribution in [0.4, 0.5) is 0 Å². The fraction of sp³-hybridized carbons (Fsp3) is 0.462. The molecule has 0 aromatic heterocycles. The summed E-state index contributed by atoms with van der Waals surface area (Å²) >= 11 is 5.99. The Kier molecular flexibility index (Phi) is 4.97. The molecule has 3 N–H and O–H groups in total. The van der Waals surface area contributed by atoms with E-state index in [0.717, 1.165) is 5.56 Å². The van der Waals surface area contributed by atoms with Crippen molar-refractivity contribution in [1.29, 1.82) is 0 Å². The van der Waals surface area contributed by atoms with Crippen LogP contribution in [0.25, 0.3) is 0 Å². The molecule has 17 heavy (non-hydrogen) atoms. The molecule has 4 heteroatoms. The number of hydrogen-bond acceptors (Lipinski definition) is 2. The van der Waals surface area contributed by atoms with Crippen LogP contribution < -0.4 is 11.1 Å². The Hall–Kier alpha value is -1.06. The molecule has 0 saturated heterocycles. The van der Waals surface area contributed by atoms with Crippen molar-refractivity contribution in [2.45, 2.75) is 26.8 Å². The molecule has 1 rings (SSSR count). The highest BCUT2D eigenvalue weighted by Gasteiger charge is 2.15. The van der Waals surface area contributed by atoms with E-state index in [4.69, 9.17) is 17.3 Å². The maximum Gasteiger partial charge on any atom is 0.251 e. The lowest BCUT2D eigenvalue weighted by Crippen LogP contribution is -2.43. The fourth-order valence-electron chi connectivity index (χ4n) is 1.48. The largest absolute Gasteiger partial charge is 0.348 e. The van der Waals surface area contributed by atoms with E-state index in [2.05, 4.69) is 5.32 Å². The second-order valence-corrected chi connectivity index (χ2v) is 4.93. The van der Waals surface area contributed by atoms with Crippen LogP contribution in [-0.2, 0) is 0 Å². The Morgan fingerprint density at radius 1 is 1.47 bits per heavy atom. The molecule has 0 aliphatic heterocycles. The summed E-state index contributed by atoms with van der Waals surface area (Å²) in [5.41, 5.74) is 7.14. The van der Waals surface area contributed by atoms with Crippen molar-refractivity contribution < 1.29 is 4.79 Å². The lowest BCUT2D eigenvalue weighted by Gasteiger charge is -2.20. The topological polar surface area (TPSA) is 55.1 Å². The van der Waals surface area contributed by atoms with E-state index >= 15 is 0 Å². The standard InChI is InChI=1S/C13H19ClN2O/c1-8(2)12(7-15)16-13(17)10-5-4-9(3)11(14)6-10/h4-6,8,12H,7,15H2,1-3H3,(H,16,17). The summed E-state index contributed by atoms with van der Waals surface area (Å²) in [4.78, 5) is 12.0. The molecule has 1 amide bonds. The molecular formula is C13H19ClN2O. The van der Waals surface area contributed by atoms with E-state index in [9.17, 15) is 4.79 Å². The Morgan fingerprint density at radius 3 is 2.59 bits per heavy atom. The van der Waals surface area contributed by atoms with Gasteiger partial charge in [0.2, 0.25) is 0 Å². The quantitative estimate of drug-likeness (QED) is 0.867. The summed E-state index contributed by atoms with van der Waals surface area (Å²) in [6.07, 6.45) is 0. The first-order valence-electron chi connectivity index (χ1n) is 5.72. The van der Waals surface area contributed by atoms with Gasteiger partial charge in [0.15, 0.2) is 0 Å². The minimum atomic E-state index is -0.129. The van der Waals surface area contributed by atoms with E-state index in [-0.39, 0.29) is 11.9 Å². The van der Waals surface area contributed by atoms with Gasteiger partial charge in [-0.15, -0.1) is 0 Å². The average Bonchev–Trinajstić information content (AvgIpc) is 2.28. The van der Waals surface area contributed by atoms with Crippen molar-refractivity contribution in [2.75, 3.05) is 6.54 Å². The molecule has 1 aromatic carbocycles. The van der Waals surface area contributed by atoms with Gasteiger partial charge in [-0.05, 0) is 30.5 Å². The number of halogens is 1. The van der Waals surface area contributed by atoms with Gasteiger partial charge in [-0.25, -0.2) is 0 Å². The third-order valence-corrected chi connectivity index (χ3v) is 3.22. The average molecular weight is 255 g/mol. The van der Waals surface area contributed by atoms with Crippen molar-refractivity contribution in [2.24, 2.45) is 11.7 Å². The summed E-state index contributed by atoms with van der Waals surface area (Å²) in [5.74, 6) is 0.181. The molecule has 3 nitrogen and oxygen atoms in total. The predicted octanol–water partition coefficient (Wildman–Crippen LogP) is 2.36. The zero-order valence-corrected chi connectivity index (χ0v) is 11.2. The second-order valence-electron chi connectivity index (χ2n) is 4.52. The number of rotatable bonds is 4. The molecule has 0 aliphatic carbocycles. The van der Waals surface area contributed by atoms with Crippen LogP contribution in [0.3, 0.4) is 0 Å². The number of nitrogens with two attached hydrogens (primary N) is 1. The molecule has 0 bridgehead atoms. The normalized spacial score (nSPS) is 12.6. The first-order chi connectivity index (χ1) is 7.95. The fourth-order valence-corrected chi connectivity index (χ4v) is 1.66. The molecule has 0 radical (unpaired) electrons. The third kappa shape index (κ3) is 3.72. The first kappa shape index (κ1) is 14.0. The van der Waals surface area contributed by atoms with Crippen molar-refractivity contribution in [1.82, 2.24) is 5.32 Å². The Balaban J connectivity index is 2.79. The molecule has 1 aromatic rings. The van der Waals surface area contributed by atoms with Gasteiger partial charge >= 0.3 is 0 Å². The van der Waals surface area contributed by atoms with E-state index in [1.54, 1.807) is 12.1 Å². The van der Waals surface area contributed by atoms with Crippen LogP contribution in [0, 0.1) is 12.8 Å². The number of amides is 1. The lowest BCUT2D eigenvalue weighted by molar-refractivity contribution is 0.0928. The van der Waals surface area contributed by atoms with Crippen LogP contribution in [0.5, 0.6) is 0 Å². The van der Waals surface area contributed by atoms with Gasteiger partial charge in [0.25, 0.3) is 5.91 Å². The van der Waals surface area contributed by atoms with E-state index in [0.29, 0.717) is 23.0 Å². The minimum absolute atomic E-state index is 0.0115. The predicted molar refractivity (Wildman–Crippen MR) is 71.3 cm³/mol. The summed E-state index contributed by atoms with van der Waals surface area (Å²) in [6, 6.07) is 5.27. The molecule has 0 spiro atoms. The van der Waals surface area contributed by atoms with E-state index in [1.807, 2.05) is 26.8 Å². The number of hydrogen-bond donors (Lipinski definition) is 2. The molecular weight excluding hydrogens is 236 g/mol. The summed E-state index contributed by atoms with van der Waals surface area (Å²) in [5, 5.41) is 3.51. The van der Waals surface area contributed by atoms with Gasteiger partial charge in [-0.3, -0.25) is 4.79 Å². The van der Waals surface area contributed by atoms with Crippen LogP contribution in [0.2, 0.25) is 5.02 Å². The van der Waals surface area contributed by atoms with Crippen LogP contribution in [0.1, 0.15) is 29.8 Å². The third-order valence-electron chi connectivity index (χ3n) is 2.81. The first-order valence-corrected chi connectivity index (χ1v) is 6.10. The maximum absolute atomic E-state index is 12.0. The SMILES string of the molecule is Cc1ccc(C(=O)NC(CN)C(C)C)cc1Cl. The number of carbonyl (C=O) groups is 1. The molecule has 0 saturated carbocycles.